The van der Waals surface area contributed by atoms with Crippen molar-refractivity contribution in [2.75, 3.05) is 40.4 Å². The van der Waals surface area contributed by atoms with E-state index in [-0.39, 0.29) is 18.3 Å². The van der Waals surface area contributed by atoms with Crippen molar-refractivity contribution in [2.45, 2.75) is 88.7 Å². The number of ether oxygens (including phenoxy) is 2. The number of likely N-dealkylation sites (tertiary alicyclic amines) is 1. The number of rotatable bonds is 7. The van der Waals surface area contributed by atoms with Gasteiger partial charge < -0.3 is 9.47 Å². The molecule has 0 aromatic carbocycles. The summed E-state index contributed by atoms with van der Waals surface area (Å²) in [5, 5.41) is 11.3. The molecule has 0 aromatic rings. The predicted molar refractivity (Wildman–Crippen MR) is 122 cm³/mol. The van der Waals surface area contributed by atoms with Crippen molar-refractivity contribution in [3.63, 3.8) is 0 Å². The molecular weight excluding hydrogens is 392 g/mol. The molecule has 178 valence electrons. The van der Waals surface area contributed by atoms with E-state index in [1.165, 1.54) is 58.5 Å². The molecule has 2 heterocycles. The molecule has 1 atom stereocenters. The lowest BCUT2D eigenvalue weighted by molar-refractivity contribution is -0.146. The summed E-state index contributed by atoms with van der Waals surface area (Å²) in [5.74, 6) is 2.24. The zero-order valence-corrected chi connectivity index (χ0v) is 19.6. The maximum absolute atomic E-state index is 12.0. The molecule has 2 saturated heterocycles. The first-order valence-corrected chi connectivity index (χ1v) is 12.7. The number of methoxy groups -OCH3 is 2. The van der Waals surface area contributed by atoms with Crippen LogP contribution in [0.3, 0.4) is 0 Å². The summed E-state index contributed by atoms with van der Waals surface area (Å²) >= 11 is 0. The number of carbonyl (C=O) groups is 1. The van der Waals surface area contributed by atoms with Crippen LogP contribution in [0.4, 0.5) is 0 Å². The highest BCUT2D eigenvalue weighted by atomic mass is 16.5. The number of nitrogens with one attached hydrogen (secondary N) is 3. The van der Waals surface area contributed by atoms with E-state index in [1.807, 2.05) is 7.11 Å². The fourth-order valence-electron chi connectivity index (χ4n) is 6.46. The summed E-state index contributed by atoms with van der Waals surface area (Å²) in [7, 11) is 3.36. The van der Waals surface area contributed by atoms with Crippen molar-refractivity contribution < 1.29 is 14.3 Å². The van der Waals surface area contributed by atoms with Gasteiger partial charge in [-0.05, 0) is 88.5 Å². The largest absolute Gasteiger partial charge is 0.468 e. The van der Waals surface area contributed by atoms with E-state index in [0.29, 0.717) is 18.1 Å². The lowest BCUT2D eigenvalue weighted by Crippen LogP contribution is -2.63. The van der Waals surface area contributed by atoms with Crippen molar-refractivity contribution in [3.8, 4) is 0 Å². The maximum atomic E-state index is 12.0. The Morgan fingerprint density at radius 2 is 1.65 bits per heavy atom. The minimum atomic E-state index is -0.0488. The van der Waals surface area contributed by atoms with Crippen LogP contribution in [0.5, 0.6) is 0 Å². The van der Waals surface area contributed by atoms with Crippen LogP contribution in [0.25, 0.3) is 0 Å². The second-order valence-electron chi connectivity index (χ2n) is 10.3. The minimum Gasteiger partial charge on any atom is -0.468 e. The summed E-state index contributed by atoms with van der Waals surface area (Å²) in [6, 6.07) is 0.582. The standard InChI is InChI=1S/C24H44N4O3/c1-30-21-11-7-18(8-12-21)19-14-25-24(26-15-19)27-20-9-5-17(6-10-20)16-28-13-3-4-22(28)23(29)31-2/h17-22,24-27H,3-16H2,1-2H3/t17?,18?,19?,20?,21?,22-,24?/m0/s1. The molecule has 4 rings (SSSR count). The number of nitrogens with zero attached hydrogens (tertiary/aromatic N) is 1. The Bertz CT molecular complexity index is 553. The van der Waals surface area contributed by atoms with Crippen LogP contribution in [0.1, 0.15) is 64.2 Å². The molecule has 0 radical (unpaired) electrons. The summed E-state index contributed by atoms with van der Waals surface area (Å²) in [5.41, 5.74) is 0. The predicted octanol–water partition coefficient (Wildman–Crippen LogP) is 2.07. The van der Waals surface area contributed by atoms with E-state index >= 15 is 0 Å². The van der Waals surface area contributed by atoms with E-state index in [2.05, 4.69) is 20.9 Å². The van der Waals surface area contributed by atoms with Crippen molar-refractivity contribution in [3.05, 3.63) is 0 Å². The summed E-state index contributed by atoms with van der Waals surface area (Å²) < 4.78 is 10.5. The van der Waals surface area contributed by atoms with Gasteiger partial charge in [-0.3, -0.25) is 25.6 Å². The minimum absolute atomic E-state index is 0.00557. The molecule has 2 aliphatic carbocycles. The lowest BCUT2D eigenvalue weighted by atomic mass is 9.78. The molecule has 31 heavy (non-hydrogen) atoms. The molecule has 7 nitrogen and oxygen atoms in total. The molecule has 0 unspecified atom stereocenters. The first-order valence-electron chi connectivity index (χ1n) is 12.7. The number of hydrogen-bond donors (Lipinski definition) is 3. The van der Waals surface area contributed by atoms with Gasteiger partial charge in [-0.15, -0.1) is 0 Å². The van der Waals surface area contributed by atoms with E-state index in [9.17, 15) is 4.79 Å². The van der Waals surface area contributed by atoms with Crippen molar-refractivity contribution in [2.24, 2.45) is 17.8 Å². The van der Waals surface area contributed by atoms with Gasteiger partial charge in [0.2, 0.25) is 0 Å². The summed E-state index contributed by atoms with van der Waals surface area (Å²) in [6.07, 6.45) is 12.8. The van der Waals surface area contributed by atoms with Gasteiger partial charge in [0.15, 0.2) is 0 Å². The third-order valence-corrected chi connectivity index (χ3v) is 8.47. The van der Waals surface area contributed by atoms with Crippen LogP contribution in [0, 0.1) is 17.8 Å². The number of carbonyl (C=O) groups excluding carboxylic acids is 1. The van der Waals surface area contributed by atoms with E-state index in [1.54, 1.807) is 0 Å². The molecule has 7 heteroatoms. The molecule has 4 aliphatic rings. The highest BCUT2D eigenvalue weighted by molar-refractivity contribution is 5.75. The summed E-state index contributed by atoms with van der Waals surface area (Å²) in [4.78, 5) is 14.4. The molecule has 0 amide bonds. The molecule has 3 N–H and O–H groups in total. The average molecular weight is 437 g/mol. The second-order valence-corrected chi connectivity index (χ2v) is 10.3. The van der Waals surface area contributed by atoms with E-state index < -0.39 is 0 Å². The van der Waals surface area contributed by atoms with Crippen LogP contribution in [-0.2, 0) is 14.3 Å². The molecule has 2 saturated carbocycles. The average Bonchev–Trinajstić information content (AvgIpc) is 3.28. The Balaban J connectivity index is 1.12. The van der Waals surface area contributed by atoms with Crippen molar-refractivity contribution in [1.29, 1.82) is 0 Å². The first-order chi connectivity index (χ1) is 15.2. The Morgan fingerprint density at radius 1 is 0.935 bits per heavy atom. The van der Waals surface area contributed by atoms with Gasteiger partial charge in [-0.25, -0.2) is 0 Å². The Morgan fingerprint density at radius 3 is 2.29 bits per heavy atom. The number of hydrogen-bond acceptors (Lipinski definition) is 7. The normalized spacial score (nSPS) is 40.0. The van der Waals surface area contributed by atoms with Gasteiger partial charge in [0.05, 0.1) is 13.2 Å². The first kappa shape index (κ1) is 23.4. The van der Waals surface area contributed by atoms with Crippen LogP contribution in [0.15, 0.2) is 0 Å². The molecule has 2 aliphatic heterocycles. The Labute approximate surface area is 188 Å². The van der Waals surface area contributed by atoms with Gasteiger partial charge in [0.1, 0.15) is 12.3 Å². The van der Waals surface area contributed by atoms with Gasteiger partial charge in [0.25, 0.3) is 0 Å². The topological polar surface area (TPSA) is 74.9 Å². The smallest absolute Gasteiger partial charge is 0.323 e. The van der Waals surface area contributed by atoms with Crippen LogP contribution in [-0.4, -0.2) is 75.7 Å². The van der Waals surface area contributed by atoms with Gasteiger partial charge in [0, 0.05) is 32.8 Å². The fraction of sp³-hybridized carbons (Fsp3) is 0.958. The van der Waals surface area contributed by atoms with Gasteiger partial charge in [-0.2, -0.15) is 0 Å². The quantitative estimate of drug-likeness (QED) is 0.528. The molecule has 4 fully saturated rings. The molecule has 0 aromatic heterocycles. The lowest BCUT2D eigenvalue weighted by Gasteiger charge is -2.41. The molecular formula is C24H44N4O3. The zero-order valence-electron chi connectivity index (χ0n) is 19.6. The van der Waals surface area contributed by atoms with E-state index in [0.717, 1.165) is 50.9 Å². The molecule has 0 spiro atoms. The highest BCUT2D eigenvalue weighted by Crippen LogP contribution is 2.32. The van der Waals surface area contributed by atoms with Crippen molar-refractivity contribution in [1.82, 2.24) is 20.9 Å². The SMILES string of the molecule is COC(=O)[C@@H]1CCCN1CC1CCC(NC2NCC(C3CCC(OC)CC3)CN2)CC1. The van der Waals surface area contributed by atoms with Crippen molar-refractivity contribution >= 4 is 5.97 Å². The maximum Gasteiger partial charge on any atom is 0.323 e. The third kappa shape index (κ3) is 6.20. The number of esters is 1. The highest BCUT2D eigenvalue weighted by Gasteiger charge is 2.35. The fourth-order valence-corrected chi connectivity index (χ4v) is 6.46. The second kappa shape index (κ2) is 11.4. The third-order valence-electron chi connectivity index (χ3n) is 8.47. The van der Waals surface area contributed by atoms with Gasteiger partial charge in [-0.1, -0.05) is 0 Å². The molecule has 0 bridgehead atoms. The Hall–Kier alpha value is -0.730. The summed E-state index contributed by atoms with van der Waals surface area (Å²) in [6.45, 7) is 4.33. The van der Waals surface area contributed by atoms with Crippen LogP contribution in [0.2, 0.25) is 0 Å². The zero-order chi connectivity index (χ0) is 21.6. The van der Waals surface area contributed by atoms with E-state index in [4.69, 9.17) is 9.47 Å². The monoisotopic (exact) mass is 436 g/mol. The Kier molecular flexibility index (Phi) is 8.63. The van der Waals surface area contributed by atoms with Crippen LogP contribution < -0.4 is 16.0 Å². The van der Waals surface area contributed by atoms with Crippen LogP contribution >= 0.6 is 0 Å². The van der Waals surface area contributed by atoms with Gasteiger partial charge >= 0.3 is 5.97 Å².